The number of hydrogen-bond acceptors (Lipinski definition) is 7. The molecular weight excluding hydrogens is 460 g/mol. The number of carbonyl (C=O) groups excluding carboxylic acids is 2. The van der Waals surface area contributed by atoms with Gasteiger partial charge in [0.2, 0.25) is 0 Å². The lowest BCUT2D eigenvalue weighted by molar-refractivity contribution is -0.385. The van der Waals surface area contributed by atoms with Gasteiger partial charge >= 0.3 is 0 Å². The molecule has 0 saturated heterocycles. The molecule has 10 nitrogen and oxygen atoms in total. The van der Waals surface area contributed by atoms with Crippen molar-refractivity contribution in [2.75, 3.05) is 5.32 Å². The molecule has 0 unspecified atom stereocenters. The number of nitro groups is 2. The fraction of sp³-hybridized carbons (Fsp3) is 0. The topological polar surface area (TPSA) is 144 Å². The molecule has 0 atom stereocenters. The van der Waals surface area contributed by atoms with Gasteiger partial charge in [-0.25, -0.2) is 0 Å². The number of rotatable bonds is 7. The van der Waals surface area contributed by atoms with Gasteiger partial charge in [-0.05, 0) is 35.2 Å². The van der Waals surface area contributed by atoms with Crippen molar-refractivity contribution in [1.82, 2.24) is 5.32 Å². The summed E-state index contributed by atoms with van der Waals surface area (Å²) in [6.45, 7) is 0. The Hall–Kier alpha value is -4.09. The number of hydrogen-bond donors (Lipinski definition) is 2. The molecule has 0 aliphatic heterocycles. The van der Waals surface area contributed by atoms with Crippen LogP contribution in [0.2, 0.25) is 5.02 Å². The number of benzene rings is 2. The van der Waals surface area contributed by atoms with E-state index in [0.717, 1.165) is 17.4 Å². The van der Waals surface area contributed by atoms with E-state index in [0.29, 0.717) is 4.88 Å². The Morgan fingerprint density at radius 3 is 2.44 bits per heavy atom. The Kier molecular flexibility index (Phi) is 6.93. The molecule has 0 aliphatic carbocycles. The summed E-state index contributed by atoms with van der Waals surface area (Å²) in [5, 5.41) is 28.6. The first-order valence-electron chi connectivity index (χ1n) is 8.81. The quantitative estimate of drug-likeness (QED) is 0.291. The molecule has 0 bridgehead atoms. The van der Waals surface area contributed by atoms with Gasteiger partial charge in [-0.1, -0.05) is 29.8 Å². The van der Waals surface area contributed by atoms with E-state index in [9.17, 15) is 29.8 Å². The fourth-order valence-corrected chi connectivity index (χ4v) is 3.38. The van der Waals surface area contributed by atoms with E-state index in [2.05, 4.69) is 10.6 Å². The van der Waals surface area contributed by atoms with Crippen molar-refractivity contribution in [3.8, 4) is 0 Å². The fourth-order valence-electron chi connectivity index (χ4n) is 2.57. The normalized spacial score (nSPS) is 11.0. The van der Waals surface area contributed by atoms with Crippen LogP contribution in [0.5, 0.6) is 0 Å². The zero-order valence-electron chi connectivity index (χ0n) is 16.0. The molecule has 3 aromatic rings. The molecule has 0 aliphatic rings. The average molecular weight is 473 g/mol. The third-order valence-electron chi connectivity index (χ3n) is 4.03. The first-order chi connectivity index (χ1) is 15.2. The number of amides is 2. The van der Waals surface area contributed by atoms with Gasteiger partial charge in [0.25, 0.3) is 23.2 Å². The summed E-state index contributed by atoms with van der Waals surface area (Å²) >= 11 is 6.95. The molecule has 32 heavy (non-hydrogen) atoms. The lowest BCUT2D eigenvalue weighted by atomic mass is 10.1. The smallest absolute Gasteiger partial charge is 0.289 e. The molecule has 0 radical (unpaired) electrons. The summed E-state index contributed by atoms with van der Waals surface area (Å²) in [6, 6.07) is 12.4. The Bertz CT molecular complexity index is 1240. The summed E-state index contributed by atoms with van der Waals surface area (Å²) in [7, 11) is 0. The molecule has 2 N–H and O–H groups in total. The molecule has 1 heterocycles. The number of nitro benzene ring substituents is 2. The van der Waals surface area contributed by atoms with Crippen molar-refractivity contribution in [3.63, 3.8) is 0 Å². The first kappa shape index (κ1) is 22.6. The maximum absolute atomic E-state index is 12.9. The molecule has 2 amide bonds. The van der Waals surface area contributed by atoms with Crippen LogP contribution < -0.4 is 10.6 Å². The Morgan fingerprint density at radius 1 is 1.00 bits per heavy atom. The molecule has 12 heteroatoms. The molecule has 0 spiro atoms. The molecule has 0 saturated carbocycles. The number of anilines is 1. The number of halogens is 1. The standard InChI is InChI=1S/C20H13ClN4O6S/c21-15-7-6-13(11-17(15)25(30)31)22-19(26)16(23-20(27)18-5-2-8-32-18)10-12-3-1-4-14(9-12)24(28)29/h1-11H,(H,22,26)(H,23,27). The van der Waals surface area contributed by atoms with E-state index in [1.165, 1.54) is 42.5 Å². The van der Waals surface area contributed by atoms with Crippen molar-refractivity contribution < 1.29 is 19.4 Å². The Morgan fingerprint density at radius 2 is 1.78 bits per heavy atom. The third kappa shape index (κ3) is 5.53. The minimum Gasteiger partial charge on any atom is -0.320 e. The lowest BCUT2D eigenvalue weighted by Gasteiger charge is -2.11. The van der Waals surface area contributed by atoms with Crippen LogP contribution in [-0.4, -0.2) is 21.7 Å². The maximum atomic E-state index is 12.9. The van der Waals surface area contributed by atoms with Crippen LogP contribution in [0.25, 0.3) is 6.08 Å². The highest BCUT2D eigenvalue weighted by Crippen LogP contribution is 2.27. The molecule has 3 rings (SSSR count). The van der Waals surface area contributed by atoms with E-state index in [4.69, 9.17) is 11.6 Å². The molecular formula is C20H13ClN4O6S. The monoisotopic (exact) mass is 472 g/mol. The van der Waals surface area contributed by atoms with Crippen LogP contribution in [0.1, 0.15) is 15.2 Å². The largest absolute Gasteiger partial charge is 0.320 e. The minimum absolute atomic E-state index is 0.0708. The highest BCUT2D eigenvalue weighted by atomic mass is 35.5. The van der Waals surface area contributed by atoms with Gasteiger partial charge in [-0.3, -0.25) is 29.8 Å². The van der Waals surface area contributed by atoms with Gasteiger partial charge in [0.1, 0.15) is 10.7 Å². The van der Waals surface area contributed by atoms with Crippen LogP contribution >= 0.6 is 22.9 Å². The van der Waals surface area contributed by atoms with Crippen molar-refractivity contribution in [2.45, 2.75) is 0 Å². The van der Waals surface area contributed by atoms with Gasteiger partial charge < -0.3 is 10.6 Å². The molecule has 1 aromatic heterocycles. The van der Waals surface area contributed by atoms with Crippen LogP contribution in [0.15, 0.2) is 65.7 Å². The third-order valence-corrected chi connectivity index (χ3v) is 5.22. The first-order valence-corrected chi connectivity index (χ1v) is 10.1. The van der Waals surface area contributed by atoms with Gasteiger partial charge in [0.05, 0.1) is 14.7 Å². The Labute approximate surface area is 189 Å². The van der Waals surface area contributed by atoms with E-state index >= 15 is 0 Å². The highest BCUT2D eigenvalue weighted by Gasteiger charge is 2.18. The summed E-state index contributed by atoms with van der Waals surface area (Å²) in [5.41, 5.74) is -0.464. The van der Waals surface area contributed by atoms with Crippen LogP contribution in [0.4, 0.5) is 17.1 Å². The highest BCUT2D eigenvalue weighted by molar-refractivity contribution is 7.12. The van der Waals surface area contributed by atoms with Crippen LogP contribution in [0, 0.1) is 20.2 Å². The molecule has 162 valence electrons. The lowest BCUT2D eigenvalue weighted by Crippen LogP contribution is -2.30. The van der Waals surface area contributed by atoms with Gasteiger partial charge in [0, 0.05) is 23.9 Å². The summed E-state index contributed by atoms with van der Waals surface area (Å²) < 4.78 is 0. The van der Waals surface area contributed by atoms with Gasteiger partial charge in [0.15, 0.2) is 0 Å². The second-order valence-electron chi connectivity index (χ2n) is 6.22. The number of non-ortho nitro benzene ring substituents is 1. The average Bonchev–Trinajstić information content (AvgIpc) is 3.29. The number of nitrogens with one attached hydrogen (secondary N) is 2. The van der Waals surface area contributed by atoms with Crippen LogP contribution in [-0.2, 0) is 4.79 Å². The van der Waals surface area contributed by atoms with Crippen LogP contribution in [0.3, 0.4) is 0 Å². The summed E-state index contributed by atoms with van der Waals surface area (Å²) in [5.74, 6) is -1.35. The minimum atomic E-state index is -0.793. The summed E-state index contributed by atoms with van der Waals surface area (Å²) in [4.78, 5) is 46.5. The maximum Gasteiger partial charge on any atom is 0.289 e. The van der Waals surface area contributed by atoms with Crippen molar-refractivity contribution in [3.05, 3.63) is 101 Å². The molecule has 2 aromatic carbocycles. The van der Waals surface area contributed by atoms with E-state index in [1.807, 2.05) is 0 Å². The SMILES string of the molecule is O=C(Nc1ccc(Cl)c([N+](=O)[O-])c1)C(=Cc1cccc([N+](=O)[O-])c1)NC(=O)c1cccs1. The predicted molar refractivity (Wildman–Crippen MR) is 120 cm³/mol. The van der Waals surface area contributed by atoms with E-state index < -0.39 is 27.3 Å². The van der Waals surface area contributed by atoms with Crippen molar-refractivity contribution in [2.24, 2.45) is 0 Å². The number of carbonyl (C=O) groups is 2. The second-order valence-corrected chi connectivity index (χ2v) is 7.57. The van der Waals surface area contributed by atoms with Crippen molar-refractivity contribution >= 4 is 57.9 Å². The zero-order valence-corrected chi connectivity index (χ0v) is 17.6. The predicted octanol–water partition coefficient (Wildman–Crippen LogP) is 4.63. The summed E-state index contributed by atoms with van der Waals surface area (Å²) in [6.07, 6.45) is 1.26. The second kappa shape index (κ2) is 9.81. The van der Waals surface area contributed by atoms with E-state index in [1.54, 1.807) is 17.5 Å². The Balaban J connectivity index is 1.94. The van der Waals surface area contributed by atoms with Crippen molar-refractivity contribution in [1.29, 1.82) is 0 Å². The number of nitrogens with zero attached hydrogens (tertiary/aromatic N) is 2. The van der Waals surface area contributed by atoms with Gasteiger partial charge in [-0.15, -0.1) is 11.3 Å². The van der Waals surface area contributed by atoms with Gasteiger partial charge in [-0.2, -0.15) is 0 Å². The van der Waals surface area contributed by atoms with E-state index in [-0.39, 0.29) is 27.7 Å². The number of thiophene rings is 1. The molecule has 0 fully saturated rings. The zero-order chi connectivity index (χ0) is 23.3.